The van der Waals surface area contributed by atoms with E-state index in [1.165, 1.54) is 4.90 Å². The Morgan fingerprint density at radius 1 is 0.975 bits per heavy atom. The van der Waals surface area contributed by atoms with Crippen LogP contribution in [0, 0.1) is 24.7 Å². The fourth-order valence-corrected chi connectivity index (χ4v) is 4.65. The van der Waals surface area contributed by atoms with Gasteiger partial charge in [0, 0.05) is 38.4 Å². The Kier molecular flexibility index (Phi) is 12.1. The molecule has 14 nitrogen and oxygen atoms in total. The Bertz CT molecular complexity index is 1080. The highest BCUT2D eigenvalue weighted by atomic mass is 16.7. The van der Waals surface area contributed by atoms with Crippen molar-refractivity contribution in [3.63, 3.8) is 0 Å². The summed E-state index contributed by atoms with van der Waals surface area (Å²) in [4.78, 5) is 61.1. The van der Waals surface area contributed by atoms with E-state index < -0.39 is 79.4 Å². The number of nitrogens with zero attached hydrogens (tertiary/aromatic N) is 1. The minimum absolute atomic E-state index is 0.0205. The summed E-state index contributed by atoms with van der Waals surface area (Å²) in [6.45, 7) is 2.73. The zero-order chi connectivity index (χ0) is 30.0. The van der Waals surface area contributed by atoms with Gasteiger partial charge in [0.05, 0.1) is 20.0 Å². The molecular weight excluding hydrogens is 532 g/mol. The summed E-state index contributed by atoms with van der Waals surface area (Å²) in [6, 6.07) is 4.86. The lowest BCUT2D eigenvalue weighted by Gasteiger charge is -2.44. The fraction of sp³-hybridized carbons (Fsp3) is 0.577. The van der Waals surface area contributed by atoms with Crippen LogP contribution in [0.2, 0.25) is 0 Å². The van der Waals surface area contributed by atoms with Crippen molar-refractivity contribution in [3.05, 3.63) is 29.3 Å². The summed E-state index contributed by atoms with van der Waals surface area (Å²) in [5, 5.41) is 31.5. The molecule has 5 atom stereocenters. The summed E-state index contributed by atoms with van der Waals surface area (Å²) < 4.78 is 21.9. The first-order valence-electron chi connectivity index (χ1n) is 12.5. The lowest BCUT2D eigenvalue weighted by Crippen LogP contribution is -2.54. The van der Waals surface area contributed by atoms with E-state index in [9.17, 15) is 39.3 Å². The molecule has 0 aromatic heterocycles. The molecule has 1 saturated heterocycles. The summed E-state index contributed by atoms with van der Waals surface area (Å²) >= 11 is 0. The van der Waals surface area contributed by atoms with E-state index in [0.29, 0.717) is 24.2 Å². The van der Waals surface area contributed by atoms with E-state index in [1.807, 2.05) is 0 Å². The Morgan fingerprint density at radius 2 is 1.57 bits per heavy atom. The van der Waals surface area contributed by atoms with Crippen LogP contribution in [-0.2, 0) is 40.0 Å². The molecule has 4 N–H and O–H groups in total. The number of ether oxygens (including phenoxy) is 4. The zero-order valence-corrected chi connectivity index (χ0v) is 22.8. The highest BCUT2D eigenvalue weighted by Crippen LogP contribution is 2.43. The number of likely N-dealkylation sites (N-methyl/N-ethyl adjacent to an activating group) is 2. The number of esters is 1. The fourth-order valence-electron chi connectivity index (χ4n) is 4.65. The number of carboxylic acid groups (broad SMARTS) is 3. The van der Waals surface area contributed by atoms with Gasteiger partial charge in [-0.2, -0.15) is 0 Å². The van der Waals surface area contributed by atoms with Crippen molar-refractivity contribution in [2.45, 2.75) is 45.2 Å². The van der Waals surface area contributed by atoms with E-state index in [0.717, 1.165) is 7.11 Å². The summed E-state index contributed by atoms with van der Waals surface area (Å²) in [5.74, 6) is -7.95. The SMILES string of the molecule is CNCCN(C)C(=O)OCc1ccc(O[C@@H]2O[C@H](C(=O)OC)[C@@H](CC(=O)O)[C@H](CC(=O)O)[C@H]2CC(=O)O)c(C)c1. The zero-order valence-electron chi connectivity index (χ0n) is 22.8. The molecule has 0 bridgehead atoms. The minimum Gasteiger partial charge on any atom is -0.481 e. The van der Waals surface area contributed by atoms with Crippen molar-refractivity contribution in [1.82, 2.24) is 10.2 Å². The maximum atomic E-state index is 12.6. The van der Waals surface area contributed by atoms with E-state index >= 15 is 0 Å². The lowest BCUT2D eigenvalue weighted by atomic mass is 9.71. The van der Waals surface area contributed by atoms with Gasteiger partial charge >= 0.3 is 30.0 Å². The van der Waals surface area contributed by atoms with Gasteiger partial charge in [-0.15, -0.1) is 0 Å². The monoisotopic (exact) mass is 568 g/mol. The topological polar surface area (TPSA) is 198 Å². The lowest BCUT2D eigenvalue weighted by molar-refractivity contribution is -0.233. The van der Waals surface area contributed by atoms with Crippen molar-refractivity contribution in [2.75, 3.05) is 34.3 Å². The first-order valence-corrected chi connectivity index (χ1v) is 12.5. The number of carbonyl (C=O) groups is 5. The number of benzene rings is 1. The number of methoxy groups -OCH3 is 1. The Morgan fingerprint density at radius 3 is 2.12 bits per heavy atom. The summed E-state index contributed by atoms with van der Waals surface area (Å²) in [5.41, 5.74) is 1.21. The van der Waals surface area contributed by atoms with Gasteiger partial charge < -0.3 is 44.5 Å². The largest absolute Gasteiger partial charge is 0.481 e. The van der Waals surface area contributed by atoms with E-state index in [-0.39, 0.29) is 12.4 Å². The average molecular weight is 569 g/mol. The van der Waals surface area contributed by atoms with E-state index in [1.54, 1.807) is 39.2 Å². The minimum atomic E-state index is -1.50. The molecule has 1 aromatic carbocycles. The van der Waals surface area contributed by atoms with Crippen LogP contribution in [-0.4, -0.2) is 96.9 Å². The summed E-state index contributed by atoms with van der Waals surface area (Å²) in [6.07, 6.45) is -5.26. The standard InChI is InChI=1S/C26H36N2O12/c1-14-9-15(13-38-26(36)28(3)8-7-27-2)5-6-19(14)39-25-18(12-22(33)34)16(10-20(29)30)17(11-21(31)32)23(40-25)24(35)37-4/h5-6,9,16-18,23,25,27H,7-8,10-13H2,1-4H3,(H,29,30)(H,31,32)(H,33,34)/t16-,17-,18+,23-,25+/m0/s1. The van der Waals surface area contributed by atoms with Crippen LogP contribution >= 0.6 is 0 Å². The quantitative estimate of drug-likeness (QED) is 0.235. The molecule has 40 heavy (non-hydrogen) atoms. The number of carboxylic acids is 3. The third-order valence-electron chi connectivity index (χ3n) is 6.64. The van der Waals surface area contributed by atoms with Gasteiger partial charge in [0.1, 0.15) is 12.4 Å². The molecule has 14 heteroatoms. The van der Waals surface area contributed by atoms with Crippen LogP contribution in [0.4, 0.5) is 4.79 Å². The van der Waals surface area contributed by atoms with Crippen molar-refractivity contribution in [2.24, 2.45) is 17.8 Å². The Balaban J connectivity index is 2.32. The number of hydrogen-bond acceptors (Lipinski definition) is 10. The van der Waals surface area contributed by atoms with Crippen LogP contribution in [0.25, 0.3) is 0 Å². The molecule has 0 saturated carbocycles. The van der Waals surface area contributed by atoms with Crippen LogP contribution in [0.3, 0.4) is 0 Å². The number of rotatable bonds is 14. The van der Waals surface area contributed by atoms with Gasteiger partial charge in [-0.25, -0.2) is 9.59 Å². The number of carbonyl (C=O) groups excluding carboxylic acids is 2. The molecule has 0 aliphatic carbocycles. The first kappa shape index (κ1) is 32.3. The maximum absolute atomic E-state index is 12.6. The smallest absolute Gasteiger partial charge is 0.409 e. The van der Waals surface area contributed by atoms with Gasteiger partial charge in [-0.05, 0) is 43.1 Å². The predicted molar refractivity (Wildman–Crippen MR) is 136 cm³/mol. The van der Waals surface area contributed by atoms with Gasteiger partial charge in [-0.3, -0.25) is 14.4 Å². The number of aryl methyl sites for hydroxylation is 1. The molecule has 1 aromatic rings. The normalized spacial score (nSPS) is 22.1. The molecule has 0 spiro atoms. The summed E-state index contributed by atoms with van der Waals surface area (Å²) in [7, 11) is 4.45. The maximum Gasteiger partial charge on any atom is 0.409 e. The molecule has 0 radical (unpaired) electrons. The molecule has 1 aliphatic heterocycles. The van der Waals surface area contributed by atoms with Crippen molar-refractivity contribution < 1.29 is 58.2 Å². The average Bonchev–Trinajstić information content (AvgIpc) is 2.88. The van der Waals surface area contributed by atoms with Crippen LogP contribution in [0.5, 0.6) is 5.75 Å². The second kappa shape index (κ2) is 15.0. The van der Waals surface area contributed by atoms with Gasteiger partial charge in [0.25, 0.3) is 0 Å². The van der Waals surface area contributed by atoms with Crippen molar-refractivity contribution in [3.8, 4) is 5.75 Å². The van der Waals surface area contributed by atoms with E-state index in [2.05, 4.69) is 5.32 Å². The molecule has 1 fully saturated rings. The Labute approximate surface area is 231 Å². The number of amides is 1. The molecule has 1 heterocycles. The molecule has 0 unspecified atom stereocenters. The molecule has 2 rings (SSSR count). The van der Waals surface area contributed by atoms with E-state index in [4.69, 9.17) is 18.9 Å². The first-order chi connectivity index (χ1) is 18.9. The molecular formula is C26H36N2O12. The highest BCUT2D eigenvalue weighted by molar-refractivity contribution is 5.77. The molecule has 222 valence electrons. The van der Waals surface area contributed by atoms with Crippen LogP contribution in [0.15, 0.2) is 18.2 Å². The second-order valence-electron chi connectivity index (χ2n) is 9.53. The molecule has 1 amide bonds. The van der Waals surface area contributed by atoms with Gasteiger partial charge in [0.15, 0.2) is 6.10 Å². The Hall–Kier alpha value is -3.91. The number of aliphatic carboxylic acids is 3. The molecule has 1 aliphatic rings. The van der Waals surface area contributed by atoms with Gasteiger partial charge in [0.2, 0.25) is 6.29 Å². The highest BCUT2D eigenvalue weighted by Gasteiger charge is 2.51. The van der Waals surface area contributed by atoms with Crippen LogP contribution in [0.1, 0.15) is 30.4 Å². The number of hydrogen-bond donors (Lipinski definition) is 4. The van der Waals surface area contributed by atoms with Gasteiger partial charge in [-0.1, -0.05) is 6.07 Å². The number of nitrogens with one attached hydrogen (secondary N) is 1. The third-order valence-corrected chi connectivity index (χ3v) is 6.64. The predicted octanol–water partition coefficient (Wildman–Crippen LogP) is 1.33. The second-order valence-corrected chi connectivity index (χ2v) is 9.53. The van der Waals surface area contributed by atoms with Crippen molar-refractivity contribution in [1.29, 1.82) is 0 Å². The third kappa shape index (κ3) is 9.09. The van der Waals surface area contributed by atoms with Crippen LogP contribution < -0.4 is 10.1 Å². The van der Waals surface area contributed by atoms with Crippen molar-refractivity contribution >= 4 is 30.0 Å².